The summed E-state index contributed by atoms with van der Waals surface area (Å²) in [7, 11) is 0. The first-order chi connectivity index (χ1) is 11.6. The summed E-state index contributed by atoms with van der Waals surface area (Å²) in [5.74, 6) is 0.171. The minimum Gasteiger partial charge on any atom is -0.490 e. The van der Waals surface area contributed by atoms with Crippen LogP contribution < -0.4 is 10.5 Å². The van der Waals surface area contributed by atoms with E-state index < -0.39 is 5.91 Å². The predicted molar refractivity (Wildman–Crippen MR) is 88.8 cm³/mol. The Hall–Kier alpha value is -2.52. The van der Waals surface area contributed by atoms with Crippen LogP contribution in [0.25, 0.3) is 0 Å². The maximum absolute atomic E-state index is 11.1. The molecular weight excluding hydrogens is 328 g/mol. The number of primary amides is 1. The summed E-state index contributed by atoms with van der Waals surface area (Å²) in [6.07, 6.45) is 7.14. The summed E-state index contributed by atoms with van der Waals surface area (Å²) >= 11 is 6.03. The van der Waals surface area contributed by atoms with Gasteiger partial charge in [-0.15, -0.1) is 0 Å². The summed E-state index contributed by atoms with van der Waals surface area (Å²) < 4.78 is 7.92. The Balaban J connectivity index is 1.58. The van der Waals surface area contributed by atoms with Gasteiger partial charge in [0.2, 0.25) is 0 Å². The molecular formula is C17H17ClN4O2. The van der Waals surface area contributed by atoms with Crippen LogP contribution in [-0.4, -0.2) is 21.6 Å². The van der Waals surface area contributed by atoms with Crippen molar-refractivity contribution in [3.63, 3.8) is 0 Å². The van der Waals surface area contributed by atoms with Gasteiger partial charge in [-0.3, -0.25) is 4.79 Å². The highest BCUT2D eigenvalue weighted by Gasteiger charge is 2.24. The maximum atomic E-state index is 11.1. The van der Waals surface area contributed by atoms with E-state index in [0.717, 1.165) is 25.7 Å². The van der Waals surface area contributed by atoms with Crippen LogP contribution in [0.15, 0.2) is 30.7 Å². The van der Waals surface area contributed by atoms with Crippen molar-refractivity contribution in [1.29, 1.82) is 5.26 Å². The van der Waals surface area contributed by atoms with Gasteiger partial charge in [0.25, 0.3) is 5.91 Å². The Bertz CT molecular complexity index is 788. The number of nitrogens with two attached hydrogens (primary N) is 1. The third-order valence-corrected chi connectivity index (χ3v) is 4.60. The van der Waals surface area contributed by atoms with Gasteiger partial charge in [-0.25, -0.2) is 4.98 Å². The van der Waals surface area contributed by atoms with Crippen LogP contribution in [0.3, 0.4) is 0 Å². The second-order valence-corrected chi connectivity index (χ2v) is 6.28. The molecule has 1 aliphatic carbocycles. The van der Waals surface area contributed by atoms with Crippen LogP contribution in [0, 0.1) is 11.3 Å². The number of nitriles is 1. The number of imidazole rings is 1. The Morgan fingerprint density at radius 2 is 2.12 bits per heavy atom. The van der Waals surface area contributed by atoms with Crippen LogP contribution >= 0.6 is 11.6 Å². The van der Waals surface area contributed by atoms with E-state index in [2.05, 4.69) is 4.98 Å². The molecule has 1 amide bonds. The van der Waals surface area contributed by atoms with Gasteiger partial charge in [-0.1, -0.05) is 11.6 Å². The third-order valence-electron chi connectivity index (χ3n) is 4.28. The van der Waals surface area contributed by atoms with E-state index in [9.17, 15) is 4.79 Å². The monoisotopic (exact) mass is 344 g/mol. The number of hydrogen-bond acceptors (Lipinski definition) is 4. The normalized spacial score (nSPS) is 20.3. The van der Waals surface area contributed by atoms with E-state index in [-0.39, 0.29) is 6.10 Å². The molecule has 1 aliphatic rings. The largest absolute Gasteiger partial charge is 0.490 e. The molecule has 7 heteroatoms. The standard InChI is InChI=1S/C17H17ClN4O2/c18-15-7-14(4-1-11(15)8-19)24-13-5-2-12(3-6-13)22-9-16(17(20)23)21-10-22/h1,4,7,9-10,12-13H,2-3,5-6H2,(H2,20,23). The van der Waals surface area contributed by atoms with Crippen LogP contribution in [0.5, 0.6) is 5.75 Å². The van der Waals surface area contributed by atoms with Crippen molar-refractivity contribution in [3.05, 3.63) is 47.0 Å². The number of carbonyl (C=O) groups is 1. The molecule has 0 atom stereocenters. The Labute approximate surface area is 144 Å². The minimum atomic E-state index is -0.511. The topological polar surface area (TPSA) is 93.9 Å². The number of nitrogens with zero attached hydrogens (tertiary/aromatic N) is 3. The molecule has 2 aromatic rings. The molecule has 1 aromatic heterocycles. The predicted octanol–water partition coefficient (Wildman–Crippen LogP) is 3.07. The molecule has 0 bridgehead atoms. The minimum absolute atomic E-state index is 0.115. The molecule has 0 unspecified atom stereocenters. The fourth-order valence-corrected chi connectivity index (χ4v) is 3.19. The molecule has 24 heavy (non-hydrogen) atoms. The van der Waals surface area contributed by atoms with Gasteiger partial charge in [-0.05, 0) is 37.8 Å². The second kappa shape index (κ2) is 6.93. The van der Waals surface area contributed by atoms with Crippen molar-refractivity contribution in [1.82, 2.24) is 9.55 Å². The zero-order chi connectivity index (χ0) is 17.1. The van der Waals surface area contributed by atoms with E-state index in [1.165, 1.54) is 0 Å². The number of ether oxygens (including phenoxy) is 1. The first-order valence-electron chi connectivity index (χ1n) is 7.76. The van der Waals surface area contributed by atoms with Gasteiger partial charge in [0.15, 0.2) is 0 Å². The van der Waals surface area contributed by atoms with Gasteiger partial charge >= 0.3 is 0 Å². The SMILES string of the molecule is N#Cc1ccc(OC2CCC(n3cnc(C(N)=O)c3)CC2)cc1Cl. The average Bonchev–Trinajstić information content (AvgIpc) is 3.06. The zero-order valence-corrected chi connectivity index (χ0v) is 13.7. The highest BCUT2D eigenvalue weighted by molar-refractivity contribution is 6.31. The number of rotatable bonds is 4. The summed E-state index contributed by atoms with van der Waals surface area (Å²) in [4.78, 5) is 15.1. The number of carbonyl (C=O) groups excluding carboxylic acids is 1. The van der Waals surface area contributed by atoms with Crippen LogP contribution in [0.4, 0.5) is 0 Å². The molecule has 0 saturated heterocycles. The van der Waals surface area contributed by atoms with E-state index in [1.54, 1.807) is 30.7 Å². The number of aromatic nitrogens is 2. The van der Waals surface area contributed by atoms with E-state index >= 15 is 0 Å². The molecule has 3 rings (SSSR count). The van der Waals surface area contributed by atoms with Crippen molar-refractivity contribution >= 4 is 17.5 Å². The Morgan fingerprint density at radius 1 is 1.38 bits per heavy atom. The fourth-order valence-electron chi connectivity index (χ4n) is 2.98. The van der Waals surface area contributed by atoms with Gasteiger partial charge in [0.1, 0.15) is 17.5 Å². The summed E-state index contributed by atoms with van der Waals surface area (Å²) in [5.41, 5.74) is 5.97. The number of benzene rings is 1. The van der Waals surface area contributed by atoms with Crippen LogP contribution in [-0.2, 0) is 0 Å². The average molecular weight is 345 g/mol. The number of halogens is 1. The molecule has 1 fully saturated rings. The molecule has 2 N–H and O–H groups in total. The molecule has 1 saturated carbocycles. The molecule has 6 nitrogen and oxygen atoms in total. The molecule has 1 heterocycles. The lowest BCUT2D eigenvalue weighted by atomic mass is 9.93. The smallest absolute Gasteiger partial charge is 0.268 e. The third kappa shape index (κ3) is 3.52. The molecule has 0 aliphatic heterocycles. The van der Waals surface area contributed by atoms with Crippen molar-refractivity contribution in [2.75, 3.05) is 0 Å². The molecule has 0 spiro atoms. The van der Waals surface area contributed by atoms with Gasteiger partial charge in [0, 0.05) is 18.3 Å². The first kappa shape index (κ1) is 16.3. The summed E-state index contributed by atoms with van der Waals surface area (Å²) in [6, 6.07) is 7.45. The first-order valence-corrected chi connectivity index (χ1v) is 8.14. The molecule has 0 radical (unpaired) electrons. The zero-order valence-electron chi connectivity index (χ0n) is 13.0. The van der Waals surface area contributed by atoms with Crippen molar-refractivity contribution in [2.24, 2.45) is 5.73 Å². The van der Waals surface area contributed by atoms with E-state index in [1.807, 2.05) is 10.6 Å². The van der Waals surface area contributed by atoms with E-state index in [4.69, 9.17) is 27.3 Å². The molecule has 1 aromatic carbocycles. The van der Waals surface area contributed by atoms with Crippen molar-refractivity contribution in [2.45, 2.75) is 37.8 Å². The van der Waals surface area contributed by atoms with Crippen LogP contribution in [0.1, 0.15) is 47.8 Å². The van der Waals surface area contributed by atoms with Crippen molar-refractivity contribution in [3.8, 4) is 11.8 Å². The highest BCUT2D eigenvalue weighted by atomic mass is 35.5. The molecule has 124 valence electrons. The highest BCUT2D eigenvalue weighted by Crippen LogP contribution is 2.32. The second-order valence-electron chi connectivity index (χ2n) is 5.87. The lowest BCUT2D eigenvalue weighted by Crippen LogP contribution is -2.25. The quantitative estimate of drug-likeness (QED) is 0.922. The van der Waals surface area contributed by atoms with Gasteiger partial charge in [-0.2, -0.15) is 5.26 Å². The Morgan fingerprint density at radius 3 is 2.71 bits per heavy atom. The lowest BCUT2D eigenvalue weighted by Gasteiger charge is -2.29. The van der Waals surface area contributed by atoms with Crippen molar-refractivity contribution < 1.29 is 9.53 Å². The fraction of sp³-hybridized carbons (Fsp3) is 0.353. The summed E-state index contributed by atoms with van der Waals surface area (Å²) in [6.45, 7) is 0. The van der Waals surface area contributed by atoms with Gasteiger partial charge in [0.05, 0.1) is 23.0 Å². The van der Waals surface area contributed by atoms with E-state index in [0.29, 0.717) is 28.1 Å². The number of amides is 1. The summed E-state index contributed by atoms with van der Waals surface area (Å²) in [5, 5.41) is 9.30. The Kier molecular flexibility index (Phi) is 4.72. The number of hydrogen-bond donors (Lipinski definition) is 1. The van der Waals surface area contributed by atoms with Gasteiger partial charge < -0.3 is 15.0 Å². The van der Waals surface area contributed by atoms with Crippen LogP contribution in [0.2, 0.25) is 5.02 Å². The maximum Gasteiger partial charge on any atom is 0.268 e. The lowest BCUT2D eigenvalue weighted by molar-refractivity contribution is 0.0995.